The van der Waals surface area contributed by atoms with Crippen molar-refractivity contribution in [2.24, 2.45) is 5.10 Å². The van der Waals surface area contributed by atoms with Crippen molar-refractivity contribution in [3.63, 3.8) is 0 Å². The molecule has 0 fully saturated rings. The standard InChI is InChI=1S/C21H31ClN2O2/c1-5-6-12-26-20-13-16(4)18(14-17(20)15(2)3)19-8-9-21(25)24(23-19)11-7-10-22/h13-15H,5-12H2,1-4H3. The highest BCUT2D eigenvalue weighted by atomic mass is 35.5. The highest BCUT2D eigenvalue weighted by molar-refractivity contribution is 6.17. The third kappa shape index (κ3) is 5.23. The van der Waals surface area contributed by atoms with Gasteiger partial charge in [0.25, 0.3) is 0 Å². The minimum Gasteiger partial charge on any atom is -0.493 e. The van der Waals surface area contributed by atoms with Crippen molar-refractivity contribution < 1.29 is 9.53 Å². The largest absolute Gasteiger partial charge is 0.493 e. The zero-order valence-corrected chi connectivity index (χ0v) is 17.2. The van der Waals surface area contributed by atoms with Gasteiger partial charge in [-0.15, -0.1) is 11.6 Å². The van der Waals surface area contributed by atoms with E-state index in [4.69, 9.17) is 16.3 Å². The molecule has 144 valence electrons. The van der Waals surface area contributed by atoms with E-state index in [-0.39, 0.29) is 5.91 Å². The molecule has 4 nitrogen and oxygen atoms in total. The Morgan fingerprint density at radius 3 is 2.69 bits per heavy atom. The lowest BCUT2D eigenvalue weighted by molar-refractivity contribution is -0.131. The smallest absolute Gasteiger partial charge is 0.243 e. The zero-order chi connectivity index (χ0) is 19.1. The lowest BCUT2D eigenvalue weighted by Gasteiger charge is -2.25. The second-order valence-corrected chi connectivity index (χ2v) is 7.55. The summed E-state index contributed by atoms with van der Waals surface area (Å²) in [6, 6.07) is 4.33. The van der Waals surface area contributed by atoms with Gasteiger partial charge in [0.1, 0.15) is 5.75 Å². The van der Waals surface area contributed by atoms with Crippen molar-refractivity contribution in [3.8, 4) is 5.75 Å². The Labute approximate surface area is 162 Å². The number of unbranched alkanes of at least 4 members (excludes halogenated alkanes) is 1. The van der Waals surface area contributed by atoms with Crippen molar-refractivity contribution >= 4 is 23.2 Å². The molecule has 2 rings (SSSR count). The molecule has 0 bridgehead atoms. The third-order valence-electron chi connectivity index (χ3n) is 4.65. The lowest BCUT2D eigenvalue weighted by Crippen LogP contribution is -2.33. The summed E-state index contributed by atoms with van der Waals surface area (Å²) in [6.07, 6.45) is 4.13. The molecular formula is C21H31ClN2O2. The molecular weight excluding hydrogens is 348 g/mol. The number of halogens is 1. The number of amides is 1. The molecule has 0 aliphatic carbocycles. The van der Waals surface area contributed by atoms with Crippen molar-refractivity contribution in [1.29, 1.82) is 0 Å². The van der Waals surface area contributed by atoms with E-state index < -0.39 is 0 Å². The predicted molar refractivity (Wildman–Crippen MR) is 108 cm³/mol. The minimum atomic E-state index is 0.0834. The molecule has 0 N–H and O–H groups in total. The average molecular weight is 379 g/mol. The zero-order valence-electron chi connectivity index (χ0n) is 16.5. The topological polar surface area (TPSA) is 41.9 Å². The molecule has 1 amide bonds. The number of nitrogens with zero attached hydrogens (tertiary/aromatic N) is 2. The Kier molecular flexibility index (Phi) is 7.95. The van der Waals surface area contributed by atoms with Gasteiger partial charge in [0.15, 0.2) is 0 Å². The van der Waals surface area contributed by atoms with E-state index in [9.17, 15) is 4.79 Å². The van der Waals surface area contributed by atoms with Crippen LogP contribution >= 0.6 is 11.6 Å². The number of hydrogen-bond donors (Lipinski definition) is 0. The second kappa shape index (κ2) is 9.96. The molecule has 1 aliphatic heterocycles. The van der Waals surface area contributed by atoms with E-state index in [1.54, 1.807) is 5.01 Å². The SMILES string of the molecule is CCCCOc1cc(C)c(C2=NN(CCCCl)C(=O)CC2)cc1C(C)C. The fourth-order valence-corrected chi connectivity index (χ4v) is 3.21. The van der Waals surface area contributed by atoms with Crippen LogP contribution in [0.15, 0.2) is 17.2 Å². The highest BCUT2D eigenvalue weighted by Gasteiger charge is 2.23. The first-order valence-electron chi connectivity index (χ1n) is 9.69. The van der Waals surface area contributed by atoms with E-state index in [2.05, 4.69) is 44.9 Å². The number of hydrazone groups is 1. The molecule has 0 unspecified atom stereocenters. The van der Waals surface area contributed by atoms with Crippen LogP contribution in [-0.4, -0.2) is 35.7 Å². The van der Waals surface area contributed by atoms with Gasteiger partial charge in [-0.1, -0.05) is 27.2 Å². The number of alkyl halides is 1. The third-order valence-corrected chi connectivity index (χ3v) is 4.92. The number of benzene rings is 1. The summed E-state index contributed by atoms with van der Waals surface area (Å²) in [5.41, 5.74) is 4.46. The van der Waals surface area contributed by atoms with Gasteiger partial charge in [-0.3, -0.25) is 4.79 Å². The molecule has 1 aromatic carbocycles. The maximum absolute atomic E-state index is 12.1. The van der Waals surface area contributed by atoms with Crippen LogP contribution < -0.4 is 4.74 Å². The number of carbonyl (C=O) groups is 1. The Balaban J connectivity index is 2.33. The monoisotopic (exact) mass is 378 g/mol. The van der Waals surface area contributed by atoms with Crippen molar-refractivity contribution in [2.75, 3.05) is 19.0 Å². The van der Waals surface area contributed by atoms with Gasteiger partial charge in [-0.2, -0.15) is 5.10 Å². The predicted octanol–water partition coefficient (Wildman–Crippen LogP) is 5.25. The average Bonchev–Trinajstić information content (AvgIpc) is 2.61. The number of carbonyl (C=O) groups excluding carboxylic acids is 1. The van der Waals surface area contributed by atoms with Crippen LogP contribution in [0.1, 0.15) is 75.5 Å². The summed E-state index contributed by atoms with van der Waals surface area (Å²) < 4.78 is 6.03. The van der Waals surface area contributed by atoms with Crippen molar-refractivity contribution in [3.05, 3.63) is 28.8 Å². The van der Waals surface area contributed by atoms with Crippen molar-refractivity contribution in [2.45, 2.75) is 65.7 Å². The van der Waals surface area contributed by atoms with Gasteiger partial charge in [0, 0.05) is 30.8 Å². The normalized spacial score (nSPS) is 14.8. The molecule has 0 radical (unpaired) electrons. The quantitative estimate of drug-likeness (QED) is 0.434. The number of ether oxygens (including phenoxy) is 1. The number of aryl methyl sites for hydroxylation is 1. The Bertz CT molecular complexity index is 656. The molecule has 1 heterocycles. The maximum atomic E-state index is 12.1. The summed E-state index contributed by atoms with van der Waals surface area (Å²) in [4.78, 5) is 12.1. The van der Waals surface area contributed by atoms with E-state index >= 15 is 0 Å². The molecule has 1 aliphatic rings. The van der Waals surface area contributed by atoms with Gasteiger partial charge in [-0.05, 0) is 48.9 Å². The fourth-order valence-electron chi connectivity index (χ4n) is 3.09. The summed E-state index contributed by atoms with van der Waals surface area (Å²) in [7, 11) is 0. The van der Waals surface area contributed by atoms with Gasteiger partial charge in [0.2, 0.25) is 5.91 Å². The molecule has 1 aromatic rings. The molecule has 0 saturated carbocycles. The van der Waals surface area contributed by atoms with Crippen molar-refractivity contribution in [1.82, 2.24) is 5.01 Å². The van der Waals surface area contributed by atoms with Crippen LogP contribution in [0.25, 0.3) is 0 Å². The highest BCUT2D eigenvalue weighted by Crippen LogP contribution is 2.31. The Morgan fingerprint density at radius 1 is 1.27 bits per heavy atom. The van der Waals surface area contributed by atoms with Crippen LogP contribution in [0.4, 0.5) is 0 Å². The Hall–Kier alpha value is -1.55. The van der Waals surface area contributed by atoms with Gasteiger partial charge >= 0.3 is 0 Å². The van der Waals surface area contributed by atoms with Gasteiger partial charge in [-0.25, -0.2) is 5.01 Å². The van der Waals surface area contributed by atoms with Gasteiger partial charge in [0.05, 0.1) is 12.3 Å². The first-order valence-corrected chi connectivity index (χ1v) is 10.2. The van der Waals surface area contributed by atoms with Gasteiger partial charge < -0.3 is 4.74 Å². The van der Waals surface area contributed by atoms with Crippen LogP contribution in [0.2, 0.25) is 0 Å². The maximum Gasteiger partial charge on any atom is 0.243 e. The summed E-state index contributed by atoms with van der Waals surface area (Å²) in [5, 5.41) is 6.22. The minimum absolute atomic E-state index is 0.0834. The van der Waals surface area contributed by atoms with E-state index in [0.717, 1.165) is 48.5 Å². The lowest BCUT2D eigenvalue weighted by atomic mass is 9.92. The van der Waals surface area contributed by atoms with Crippen LogP contribution in [0, 0.1) is 6.92 Å². The van der Waals surface area contributed by atoms with E-state index in [1.807, 2.05) is 0 Å². The van der Waals surface area contributed by atoms with E-state index in [1.165, 1.54) is 5.56 Å². The first-order chi connectivity index (χ1) is 12.5. The molecule has 5 heteroatoms. The fraction of sp³-hybridized carbons (Fsp3) is 0.619. The summed E-state index contributed by atoms with van der Waals surface area (Å²) in [5.74, 6) is 1.96. The molecule has 26 heavy (non-hydrogen) atoms. The summed E-state index contributed by atoms with van der Waals surface area (Å²) in [6.45, 7) is 9.95. The second-order valence-electron chi connectivity index (χ2n) is 7.17. The summed E-state index contributed by atoms with van der Waals surface area (Å²) >= 11 is 5.77. The van der Waals surface area contributed by atoms with Crippen LogP contribution in [0.3, 0.4) is 0 Å². The first kappa shape index (κ1) is 20.8. The van der Waals surface area contributed by atoms with Crippen LogP contribution in [0.5, 0.6) is 5.75 Å². The van der Waals surface area contributed by atoms with Crippen LogP contribution in [-0.2, 0) is 4.79 Å². The van der Waals surface area contributed by atoms with E-state index in [0.29, 0.717) is 31.2 Å². The molecule has 0 saturated heterocycles. The molecule has 0 spiro atoms. The number of rotatable bonds is 9. The number of hydrogen-bond acceptors (Lipinski definition) is 3. The Morgan fingerprint density at radius 2 is 2.04 bits per heavy atom. The molecule has 0 atom stereocenters. The molecule has 0 aromatic heterocycles.